The van der Waals surface area contributed by atoms with E-state index >= 15 is 0 Å². The second-order valence-electron chi connectivity index (χ2n) is 8.38. The molecule has 0 aliphatic carbocycles. The minimum Gasteiger partial charge on any atom is -0.352 e. The fraction of sp³-hybridized carbons (Fsp3) is 0.478. The van der Waals surface area contributed by atoms with Crippen molar-refractivity contribution in [2.75, 3.05) is 42.2 Å². The summed E-state index contributed by atoms with van der Waals surface area (Å²) in [6.07, 6.45) is 2.39. The summed E-state index contributed by atoms with van der Waals surface area (Å²) >= 11 is 2.24. The van der Waals surface area contributed by atoms with Crippen LogP contribution in [0.25, 0.3) is 3.58 Å². The molecular formula is C23H32IN7. The number of hydrogen-bond acceptors (Lipinski definition) is 7. The first kappa shape index (κ1) is 23.5. The Hall–Kier alpha value is -2.16. The maximum Gasteiger partial charge on any atom is 0.233 e. The van der Waals surface area contributed by atoms with Crippen LogP contribution in [0.5, 0.6) is 0 Å². The molecule has 8 heteroatoms. The summed E-state index contributed by atoms with van der Waals surface area (Å²) in [5.41, 5.74) is 6.07. The summed E-state index contributed by atoms with van der Waals surface area (Å²) in [4.78, 5) is 16.1. The average Bonchev–Trinajstić information content (AvgIpc) is 3.26. The third-order valence-electron chi connectivity index (χ3n) is 5.17. The Morgan fingerprint density at radius 2 is 2.10 bits per heavy atom. The molecule has 0 spiro atoms. The standard InChI is InChI=1S/C23H32IN7/c1-6-19(24)17-10-9-16(4)20(12-17)27-22-28-21(26-13-18-8-7-11-25-18)29-23(30-22)31(5)14-15(2)3/h9-10,12,15,18,25H,1,7-8,11,13-14H2,2-5H3,(H2,26,27,28,29,30)/t18-/m0/s1. The number of anilines is 4. The summed E-state index contributed by atoms with van der Waals surface area (Å²) in [7, 11) is 2.02. The molecule has 0 bridgehead atoms. The van der Waals surface area contributed by atoms with Crippen molar-refractivity contribution in [2.45, 2.75) is 39.7 Å². The molecule has 31 heavy (non-hydrogen) atoms. The van der Waals surface area contributed by atoms with E-state index in [2.05, 4.69) is 105 Å². The van der Waals surface area contributed by atoms with Gasteiger partial charge in [-0.15, -0.1) is 5.73 Å². The molecule has 1 aromatic heterocycles. The van der Waals surface area contributed by atoms with Crippen LogP contribution in [0.3, 0.4) is 0 Å². The van der Waals surface area contributed by atoms with Gasteiger partial charge >= 0.3 is 0 Å². The molecule has 1 aromatic carbocycles. The van der Waals surface area contributed by atoms with Crippen molar-refractivity contribution >= 4 is 49.7 Å². The number of hydrogen-bond donors (Lipinski definition) is 3. The lowest BCUT2D eigenvalue weighted by molar-refractivity contribution is 0.625. The number of nitrogens with one attached hydrogen (secondary N) is 3. The van der Waals surface area contributed by atoms with Crippen LogP contribution in [-0.4, -0.2) is 47.7 Å². The second-order valence-corrected chi connectivity index (χ2v) is 9.46. The van der Waals surface area contributed by atoms with E-state index in [1.165, 1.54) is 12.8 Å². The zero-order valence-electron chi connectivity index (χ0n) is 18.8. The van der Waals surface area contributed by atoms with Gasteiger partial charge in [0.05, 0.1) is 3.58 Å². The number of aromatic nitrogens is 3. The van der Waals surface area contributed by atoms with Crippen LogP contribution in [0.2, 0.25) is 0 Å². The van der Waals surface area contributed by atoms with E-state index in [1.807, 2.05) is 7.05 Å². The van der Waals surface area contributed by atoms with Crippen molar-refractivity contribution in [2.24, 2.45) is 5.92 Å². The molecule has 0 amide bonds. The second kappa shape index (κ2) is 10.9. The quantitative estimate of drug-likeness (QED) is 0.318. The highest BCUT2D eigenvalue weighted by atomic mass is 127. The summed E-state index contributed by atoms with van der Waals surface area (Å²) in [5.74, 6) is 2.28. The van der Waals surface area contributed by atoms with Gasteiger partial charge in [-0.05, 0) is 72.0 Å². The SMILES string of the molecule is C=C=C(I)c1ccc(C)c(Nc2nc(NC[C@@H]3CCCN3)nc(N(C)CC(C)C)n2)c1. The van der Waals surface area contributed by atoms with E-state index in [1.54, 1.807) is 0 Å². The van der Waals surface area contributed by atoms with Crippen LogP contribution in [0.4, 0.5) is 23.5 Å². The van der Waals surface area contributed by atoms with Crippen LogP contribution in [0.1, 0.15) is 37.8 Å². The number of halogens is 1. The molecule has 3 rings (SSSR count). The molecule has 1 aliphatic heterocycles. The Morgan fingerprint density at radius 3 is 2.77 bits per heavy atom. The van der Waals surface area contributed by atoms with Gasteiger partial charge in [-0.3, -0.25) is 0 Å². The monoisotopic (exact) mass is 533 g/mol. The molecular weight excluding hydrogens is 501 g/mol. The molecule has 0 radical (unpaired) electrons. The van der Waals surface area contributed by atoms with Crippen LogP contribution in [-0.2, 0) is 0 Å². The van der Waals surface area contributed by atoms with E-state index in [0.29, 0.717) is 29.8 Å². The molecule has 166 valence electrons. The first-order valence-corrected chi connectivity index (χ1v) is 11.8. The van der Waals surface area contributed by atoms with E-state index in [9.17, 15) is 0 Å². The molecule has 1 aliphatic rings. The molecule has 3 N–H and O–H groups in total. The first-order valence-electron chi connectivity index (χ1n) is 10.7. The Balaban J connectivity index is 1.88. The fourth-order valence-electron chi connectivity index (χ4n) is 3.56. The molecule has 2 heterocycles. The third-order valence-corrected chi connectivity index (χ3v) is 6.17. The Bertz CT molecular complexity index is 947. The minimum atomic E-state index is 0.455. The molecule has 0 saturated carbocycles. The van der Waals surface area contributed by atoms with Gasteiger partial charge in [0.25, 0.3) is 0 Å². The minimum absolute atomic E-state index is 0.455. The van der Waals surface area contributed by atoms with E-state index in [-0.39, 0.29) is 0 Å². The van der Waals surface area contributed by atoms with Crippen LogP contribution < -0.4 is 20.9 Å². The van der Waals surface area contributed by atoms with Gasteiger partial charge in [-0.1, -0.05) is 32.6 Å². The summed E-state index contributed by atoms with van der Waals surface area (Å²) < 4.78 is 0.972. The molecule has 1 saturated heterocycles. The van der Waals surface area contributed by atoms with Crippen molar-refractivity contribution in [3.05, 3.63) is 41.6 Å². The number of benzene rings is 1. The highest BCUT2D eigenvalue weighted by Crippen LogP contribution is 2.27. The predicted molar refractivity (Wildman–Crippen MR) is 138 cm³/mol. The number of rotatable bonds is 9. The van der Waals surface area contributed by atoms with Crippen LogP contribution >= 0.6 is 22.6 Å². The van der Waals surface area contributed by atoms with Gasteiger partial charge in [0.1, 0.15) is 0 Å². The maximum absolute atomic E-state index is 4.70. The lowest BCUT2D eigenvalue weighted by Crippen LogP contribution is -2.30. The van der Waals surface area contributed by atoms with E-state index < -0.39 is 0 Å². The molecule has 0 unspecified atom stereocenters. The smallest absolute Gasteiger partial charge is 0.233 e. The lowest BCUT2D eigenvalue weighted by atomic mass is 10.1. The summed E-state index contributed by atoms with van der Waals surface area (Å²) in [5, 5.41) is 10.3. The topological polar surface area (TPSA) is 78.0 Å². The predicted octanol–water partition coefficient (Wildman–Crippen LogP) is 4.74. The van der Waals surface area contributed by atoms with Crippen LogP contribution in [0, 0.1) is 12.8 Å². The van der Waals surface area contributed by atoms with E-state index in [0.717, 1.165) is 40.0 Å². The fourth-order valence-corrected chi connectivity index (χ4v) is 3.90. The average molecular weight is 533 g/mol. The van der Waals surface area contributed by atoms with Gasteiger partial charge in [0.2, 0.25) is 17.8 Å². The normalized spacial score (nSPS) is 15.6. The highest BCUT2D eigenvalue weighted by Gasteiger charge is 2.16. The zero-order chi connectivity index (χ0) is 22.4. The Labute approximate surface area is 199 Å². The van der Waals surface area contributed by atoms with Crippen molar-refractivity contribution in [1.29, 1.82) is 0 Å². The van der Waals surface area contributed by atoms with Crippen molar-refractivity contribution < 1.29 is 0 Å². The van der Waals surface area contributed by atoms with Gasteiger partial charge in [-0.25, -0.2) is 0 Å². The number of nitrogens with zero attached hydrogens (tertiary/aromatic N) is 4. The van der Waals surface area contributed by atoms with Crippen molar-refractivity contribution in [3.63, 3.8) is 0 Å². The summed E-state index contributed by atoms with van der Waals surface area (Å²) in [6.45, 7) is 12.9. The zero-order valence-corrected chi connectivity index (χ0v) is 21.0. The Morgan fingerprint density at radius 1 is 1.32 bits per heavy atom. The number of aryl methyl sites for hydroxylation is 1. The Kier molecular flexibility index (Phi) is 8.28. The van der Waals surface area contributed by atoms with Crippen LogP contribution in [0.15, 0.2) is 30.5 Å². The lowest BCUT2D eigenvalue weighted by Gasteiger charge is -2.21. The summed E-state index contributed by atoms with van der Waals surface area (Å²) in [6, 6.07) is 6.67. The molecule has 1 atom stereocenters. The molecule has 7 nitrogen and oxygen atoms in total. The maximum atomic E-state index is 4.70. The van der Waals surface area contributed by atoms with E-state index in [4.69, 9.17) is 4.98 Å². The van der Waals surface area contributed by atoms with Gasteiger partial charge in [0.15, 0.2) is 0 Å². The van der Waals surface area contributed by atoms with Gasteiger partial charge in [0, 0.05) is 31.9 Å². The third kappa shape index (κ3) is 6.66. The first-order chi connectivity index (χ1) is 14.9. The largest absolute Gasteiger partial charge is 0.352 e. The van der Waals surface area contributed by atoms with Gasteiger partial charge in [-0.2, -0.15) is 15.0 Å². The highest BCUT2D eigenvalue weighted by molar-refractivity contribution is 14.1. The van der Waals surface area contributed by atoms with Gasteiger partial charge < -0.3 is 20.9 Å². The molecule has 1 fully saturated rings. The van der Waals surface area contributed by atoms with Crippen molar-refractivity contribution in [3.8, 4) is 0 Å². The van der Waals surface area contributed by atoms with Crippen molar-refractivity contribution in [1.82, 2.24) is 20.3 Å². The molecule has 2 aromatic rings.